The van der Waals surface area contributed by atoms with E-state index in [2.05, 4.69) is 24.4 Å². The standard InChI is InChI=1S/C17H20N2O2S/c1-12(2)14-7-4-5-8-15(14)21-11-17(20)19-18-13(3)16-9-6-10-22-16/h4-10,12H,11H2,1-3H3,(H,19,20)/b18-13+. The maximum atomic E-state index is 11.8. The smallest absolute Gasteiger partial charge is 0.277 e. The largest absolute Gasteiger partial charge is 0.483 e. The van der Waals surface area contributed by atoms with Gasteiger partial charge in [-0.1, -0.05) is 38.1 Å². The molecule has 5 heteroatoms. The van der Waals surface area contributed by atoms with Crippen molar-refractivity contribution in [2.24, 2.45) is 5.10 Å². The fourth-order valence-electron chi connectivity index (χ4n) is 1.95. The van der Waals surface area contributed by atoms with Crippen molar-refractivity contribution in [2.75, 3.05) is 6.61 Å². The van der Waals surface area contributed by atoms with Crippen LogP contribution >= 0.6 is 11.3 Å². The molecule has 0 unspecified atom stereocenters. The summed E-state index contributed by atoms with van der Waals surface area (Å²) in [6.45, 7) is 6.00. The first-order chi connectivity index (χ1) is 10.6. The van der Waals surface area contributed by atoms with E-state index < -0.39 is 0 Å². The molecule has 0 aliphatic heterocycles. The molecule has 22 heavy (non-hydrogen) atoms. The maximum absolute atomic E-state index is 11.8. The van der Waals surface area contributed by atoms with E-state index in [0.717, 1.165) is 21.9 Å². The van der Waals surface area contributed by atoms with Crippen LogP contribution in [0.1, 0.15) is 37.1 Å². The lowest BCUT2D eigenvalue weighted by molar-refractivity contribution is -0.123. The Hall–Kier alpha value is -2.14. The Morgan fingerprint density at radius 2 is 2.05 bits per heavy atom. The summed E-state index contributed by atoms with van der Waals surface area (Å²) in [5, 5.41) is 6.06. The van der Waals surface area contributed by atoms with Gasteiger partial charge in [0.1, 0.15) is 5.75 Å². The number of para-hydroxylation sites is 1. The number of nitrogens with one attached hydrogen (secondary N) is 1. The van der Waals surface area contributed by atoms with Crippen LogP contribution in [0.25, 0.3) is 0 Å². The highest BCUT2D eigenvalue weighted by molar-refractivity contribution is 7.12. The first-order valence-corrected chi connectivity index (χ1v) is 8.04. The highest BCUT2D eigenvalue weighted by Gasteiger charge is 2.09. The van der Waals surface area contributed by atoms with Gasteiger partial charge in [0, 0.05) is 4.88 Å². The van der Waals surface area contributed by atoms with Gasteiger partial charge in [-0.15, -0.1) is 11.3 Å². The van der Waals surface area contributed by atoms with E-state index in [0.29, 0.717) is 5.92 Å². The molecule has 0 spiro atoms. The number of carbonyl (C=O) groups is 1. The van der Waals surface area contributed by atoms with Gasteiger partial charge in [0.15, 0.2) is 6.61 Å². The van der Waals surface area contributed by atoms with Gasteiger partial charge in [0.25, 0.3) is 5.91 Å². The van der Waals surface area contributed by atoms with Crippen LogP contribution in [0.3, 0.4) is 0 Å². The third-order valence-corrected chi connectivity index (χ3v) is 4.10. The van der Waals surface area contributed by atoms with Crippen molar-refractivity contribution in [3.63, 3.8) is 0 Å². The molecule has 1 aromatic heterocycles. The molecule has 1 amide bonds. The normalized spacial score (nSPS) is 11.5. The lowest BCUT2D eigenvalue weighted by atomic mass is 10.0. The Morgan fingerprint density at radius 1 is 1.27 bits per heavy atom. The fourth-order valence-corrected chi connectivity index (χ4v) is 2.63. The molecule has 0 fully saturated rings. The molecule has 1 heterocycles. The first-order valence-electron chi connectivity index (χ1n) is 7.16. The number of rotatable bonds is 6. The predicted octanol–water partition coefficient (Wildman–Crippen LogP) is 3.79. The van der Waals surface area contributed by atoms with Crippen molar-refractivity contribution in [2.45, 2.75) is 26.7 Å². The number of carbonyl (C=O) groups excluding carboxylic acids is 1. The quantitative estimate of drug-likeness (QED) is 0.651. The van der Waals surface area contributed by atoms with Gasteiger partial charge in [-0.25, -0.2) is 5.43 Å². The van der Waals surface area contributed by atoms with Crippen molar-refractivity contribution in [3.05, 3.63) is 52.2 Å². The van der Waals surface area contributed by atoms with Gasteiger partial charge in [-0.05, 0) is 35.9 Å². The van der Waals surface area contributed by atoms with Gasteiger partial charge >= 0.3 is 0 Å². The van der Waals surface area contributed by atoms with Crippen LogP contribution in [0.4, 0.5) is 0 Å². The summed E-state index contributed by atoms with van der Waals surface area (Å²) in [4.78, 5) is 12.9. The molecule has 0 saturated heterocycles. The number of benzene rings is 1. The number of thiophene rings is 1. The van der Waals surface area contributed by atoms with E-state index in [-0.39, 0.29) is 12.5 Å². The summed E-state index contributed by atoms with van der Waals surface area (Å²) >= 11 is 1.58. The topological polar surface area (TPSA) is 50.7 Å². The van der Waals surface area contributed by atoms with Gasteiger partial charge in [-0.2, -0.15) is 5.10 Å². The van der Waals surface area contributed by atoms with E-state index in [1.165, 1.54) is 0 Å². The number of nitrogens with zero attached hydrogens (tertiary/aromatic N) is 1. The Bertz CT molecular complexity index is 648. The van der Waals surface area contributed by atoms with Crippen LogP contribution in [0, 0.1) is 0 Å². The third-order valence-electron chi connectivity index (χ3n) is 3.13. The molecule has 0 bridgehead atoms. The molecular weight excluding hydrogens is 296 g/mol. The highest BCUT2D eigenvalue weighted by Crippen LogP contribution is 2.25. The summed E-state index contributed by atoms with van der Waals surface area (Å²) in [7, 11) is 0. The van der Waals surface area contributed by atoms with Gasteiger partial charge in [0.05, 0.1) is 5.71 Å². The minimum Gasteiger partial charge on any atom is -0.483 e. The molecule has 2 rings (SSSR count). The lowest BCUT2D eigenvalue weighted by Gasteiger charge is -2.13. The number of ether oxygens (including phenoxy) is 1. The average molecular weight is 316 g/mol. The van der Waals surface area contributed by atoms with Crippen LogP contribution in [0.15, 0.2) is 46.9 Å². The van der Waals surface area contributed by atoms with Gasteiger partial charge in [-0.3, -0.25) is 4.79 Å². The monoisotopic (exact) mass is 316 g/mol. The molecule has 0 saturated carbocycles. The number of hydrogen-bond acceptors (Lipinski definition) is 4. The van der Waals surface area contributed by atoms with E-state index >= 15 is 0 Å². The minimum absolute atomic E-state index is 0.0506. The SMILES string of the molecule is C/C(=N\NC(=O)COc1ccccc1C(C)C)c1cccs1. The van der Waals surface area contributed by atoms with Crippen molar-refractivity contribution < 1.29 is 9.53 Å². The average Bonchev–Trinajstić information content (AvgIpc) is 3.05. The zero-order valence-corrected chi connectivity index (χ0v) is 13.8. The first kappa shape index (κ1) is 16.2. The van der Waals surface area contributed by atoms with Crippen LogP contribution in [0.2, 0.25) is 0 Å². The van der Waals surface area contributed by atoms with E-state index in [4.69, 9.17) is 4.74 Å². The van der Waals surface area contributed by atoms with Crippen molar-refractivity contribution in [1.29, 1.82) is 0 Å². The number of hydrogen-bond donors (Lipinski definition) is 1. The zero-order valence-electron chi connectivity index (χ0n) is 13.0. The van der Waals surface area contributed by atoms with Crippen molar-refractivity contribution >= 4 is 23.0 Å². The van der Waals surface area contributed by atoms with Crippen molar-refractivity contribution in [3.8, 4) is 5.75 Å². The second-order valence-corrected chi connectivity index (χ2v) is 6.14. The molecule has 0 aliphatic rings. The van der Waals surface area contributed by atoms with Gasteiger partial charge < -0.3 is 4.74 Å². The summed E-state index contributed by atoms with van der Waals surface area (Å²) in [6.07, 6.45) is 0. The minimum atomic E-state index is -0.269. The Balaban J connectivity index is 1.90. The van der Waals surface area contributed by atoms with Crippen molar-refractivity contribution in [1.82, 2.24) is 5.43 Å². The summed E-state index contributed by atoms with van der Waals surface area (Å²) < 4.78 is 5.60. The molecule has 0 aliphatic carbocycles. The molecule has 0 radical (unpaired) electrons. The molecule has 1 N–H and O–H groups in total. The van der Waals surface area contributed by atoms with Crippen LogP contribution in [-0.2, 0) is 4.79 Å². The second-order valence-electron chi connectivity index (χ2n) is 5.19. The third kappa shape index (κ3) is 4.43. The highest BCUT2D eigenvalue weighted by atomic mass is 32.1. The number of amides is 1. The van der Waals surface area contributed by atoms with E-state index in [1.54, 1.807) is 11.3 Å². The Kier molecular flexibility index (Phi) is 5.72. The van der Waals surface area contributed by atoms with Gasteiger partial charge in [0.2, 0.25) is 0 Å². The molecule has 2 aromatic rings. The molecule has 1 aromatic carbocycles. The van der Waals surface area contributed by atoms with Crippen LogP contribution < -0.4 is 10.2 Å². The zero-order chi connectivity index (χ0) is 15.9. The van der Waals surface area contributed by atoms with Crippen LogP contribution in [-0.4, -0.2) is 18.2 Å². The summed E-state index contributed by atoms with van der Waals surface area (Å²) in [5.41, 5.74) is 4.39. The maximum Gasteiger partial charge on any atom is 0.277 e. The summed E-state index contributed by atoms with van der Waals surface area (Å²) in [6, 6.07) is 11.7. The summed E-state index contributed by atoms with van der Waals surface area (Å²) in [5.74, 6) is 0.819. The van der Waals surface area contributed by atoms with Crippen LogP contribution in [0.5, 0.6) is 5.75 Å². The number of hydrazone groups is 1. The molecule has 0 atom stereocenters. The van der Waals surface area contributed by atoms with E-state index in [9.17, 15) is 4.79 Å². The fraction of sp³-hybridized carbons (Fsp3) is 0.294. The molecular formula is C17H20N2O2S. The molecule has 4 nitrogen and oxygen atoms in total. The second kappa shape index (κ2) is 7.75. The predicted molar refractivity (Wildman–Crippen MR) is 90.7 cm³/mol. The Morgan fingerprint density at radius 3 is 2.73 bits per heavy atom. The lowest BCUT2D eigenvalue weighted by Crippen LogP contribution is -2.25. The molecule has 116 valence electrons. The van der Waals surface area contributed by atoms with E-state index in [1.807, 2.05) is 48.7 Å². The Labute approximate surface area is 134 Å².